The summed E-state index contributed by atoms with van der Waals surface area (Å²) >= 11 is 0. The molecule has 1 heteroatoms. The van der Waals surface area contributed by atoms with E-state index >= 15 is 0 Å². The molecule has 1 nitrogen and oxygen atoms in total. The molecular formula is C11H18O. The summed E-state index contributed by atoms with van der Waals surface area (Å²) in [5.74, 6) is 1.89. The Kier molecular flexibility index (Phi) is 3.07. The fourth-order valence-electron chi connectivity index (χ4n) is 2.12. The summed E-state index contributed by atoms with van der Waals surface area (Å²) < 4.78 is 0. The molecule has 0 amide bonds. The van der Waals surface area contributed by atoms with Crippen LogP contribution in [0.2, 0.25) is 0 Å². The zero-order valence-electron chi connectivity index (χ0n) is 8.21. The van der Waals surface area contributed by atoms with Gasteiger partial charge in [-0.05, 0) is 31.1 Å². The molecule has 0 aromatic heterocycles. The van der Waals surface area contributed by atoms with Crippen molar-refractivity contribution < 1.29 is 4.79 Å². The predicted octanol–water partition coefficient (Wildman–Crippen LogP) is 2.81. The van der Waals surface area contributed by atoms with Crippen LogP contribution in [0.5, 0.6) is 0 Å². The van der Waals surface area contributed by atoms with Gasteiger partial charge >= 0.3 is 0 Å². The van der Waals surface area contributed by atoms with Crippen molar-refractivity contribution in [1.29, 1.82) is 0 Å². The lowest BCUT2D eigenvalue weighted by Crippen LogP contribution is -2.22. The van der Waals surface area contributed by atoms with Crippen LogP contribution in [0.3, 0.4) is 0 Å². The summed E-state index contributed by atoms with van der Waals surface area (Å²) in [5, 5.41) is 0. The second-order valence-electron chi connectivity index (χ2n) is 4.10. The van der Waals surface area contributed by atoms with Crippen LogP contribution in [0.4, 0.5) is 0 Å². The first-order chi connectivity index (χ1) is 5.65. The zero-order chi connectivity index (χ0) is 9.14. The highest BCUT2D eigenvalue weighted by molar-refractivity contribution is 5.50. The molecule has 0 aliphatic heterocycles. The van der Waals surface area contributed by atoms with Gasteiger partial charge in [-0.15, -0.1) is 0 Å². The highest BCUT2D eigenvalue weighted by atomic mass is 16.1. The van der Waals surface area contributed by atoms with E-state index < -0.39 is 0 Å². The smallest absolute Gasteiger partial charge is 0.120 e. The Morgan fingerprint density at radius 2 is 2.25 bits per heavy atom. The number of carbonyl (C=O) groups excluding carboxylic acids is 1. The number of allylic oxidation sites excluding steroid dienone is 2. The lowest BCUT2D eigenvalue weighted by Gasteiger charge is -2.31. The van der Waals surface area contributed by atoms with Gasteiger partial charge in [0.2, 0.25) is 0 Å². The average molecular weight is 166 g/mol. The van der Waals surface area contributed by atoms with Gasteiger partial charge in [-0.25, -0.2) is 0 Å². The van der Waals surface area contributed by atoms with E-state index in [1.54, 1.807) is 0 Å². The fraction of sp³-hybridized carbons (Fsp3) is 0.727. The molecule has 0 spiro atoms. The van der Waals surface area contributed by atoms with Gasteiger partial charge in [-0.2, -0.15) is 0 Å². The molecule has 0 aromatic carbocycles. The summed E-state index contributed by atoms with van der Waals surface area (Å²) in [6, 6.07) is 0. The minimum absolute atomic E-state index is 0.586. The van der Waals surface area contributed by atoms with E-state index in [9.17, 15) is 4.79 Å². The number of aldehydes is 1. The third-order valence-electron chi connectivity index (χ3n) is 3.10. The third-order valence-corrected chi connectivity index (χ3v) is 3.10. The highest BCUT2D eigenvalue weighted by Crippen LogP contribution is 2.34. The molecule has 68 valence electrons. The standard InChI is InChI=1S/C11H18O/c1-8-6-9(2)10(3)11(7-8)4-5-12/h5-6,9-11H,4,7H2,1-3H3. The molecule has 1 aliphatic rings. The SMILES string of the molecule is CC1=CC(C)C(C)C(CC=O)C1. The molecule has 0 bridgehead atoms. The number of hydrogen-bond donors (Lipinski definition) is 0. The van der Waals surface area contributed by atoms with Crippen molar-refractivity contribution in [2.45, 2.75) is 33.6 Å². The highest BCUT2D eigenvalue weighted by Gasteiger charge is 2.25. The maximum Gasteiger partial charge on any atom is 0.120 e. The molecule has 3 atom stereocenters. The normalized spacial score (nSPS) is 35.9. The predicted molar refractivity (Wildman–Crippen MR) is 50.9 cm³/mol. The van der Waals surface area contributed by atoms with Gasteiger partial charge in [0.05, 0.1) is 0 Å². The van der Waals surface area contributed by atoms with Gasteiger partial charge in [-0.3, -0.25) is 0 Å². The topological polar surface area (TPSA) is 17.1 Å². The summed E-state index contributed by atoms with van der Waals surface area (Å²) in [4.78, 5) is 10.4. The minimum Gasteiger partial charge on any atom is -0.303 e. The van der Waals surface area contributed by atoms with Gasteiger partial charge in [0.15, 0.2) is 0 Å². The minimum atomic E-state index is 0.586. The zero-order valence-corrected chi connectivity index (χ0v) is 8.21. The average Bonchev–Trinajstić information content (AvgIpc) is 2.00. The van der Waals surface area contributed by atoms with E-state index in [-0.39, 0.29) is 0 Å². The summed E-state index contributed by atoms with van der Waals surface area (Å²) in [7, 11) is 0. The Bertz CT molecular complexity index is 193. The second kappa shape index (κ2) is 3.88. The van der Waals surface area contributed by atoms with Crippen LogP contribution in [0.25, 0.3) is 0 Å². The van der Waals surface area contributed by atoms with E-state index in [1.165, 1.54) is 5.57 Å². The van der Waals surface area contributed by atoms with E-state index in [1.807, 2.05) is 0 Å². The molecule has 12 heavy (non-hydrogen) atoms. The molecule has 3 unspecified atom stereocenters. The monoisotopic (exact) mass is 166 g/mol. The molecule has 0 radical (unpaired) electrons. The van der Waals surface area contributed by atoms with Crippen molar-refractivity contribution in [3.8, 4) is 0 Å². The van der Waals surface area contributed by atoms with Crippen LogP contribution in [0.15, 0.2) is 11.6 Å². The lowest BCUT2D eigenvalue weighted by atomic mass is 9.74. The van der Waals surface area contributed by atoms with Crippen molar-refractivity contribution in [2.24, 2.45) is 17.8 Å². The molecule has 0 N–H and O–H groups in total. The Labute approximate surface area is 74.9 Å². The number of hydrogen-bond acceptors (Lipinski definition) is 1. The summed E-state index contributed by atoms with van der Waals surface area (Å²) in [6.07, 6.45) is 5.25. The van der Waals surface area contributed by atoms with Crippen LogP contribution in [0.1, 0.15) is 33.6 Å². The largest absolute Gasteiger partial charge is 0.303 e. The molecule has 0 aromatic rings. The van der Waals surface area contributed by atoms with Gasteiger partial charge in [0.1, 0.15) is 6.29 Å². The Morgan fingerprint density at radius 1 is 1.58 bits per heavy atom. The first-order valence-electron chi connectivity index (χ1n) is 4.76. The molecule has 0 saturated carbocycles. The fourth-order valence-corrected chi connectivity index (χ4v) is 2.12. The van der Waals surface area contributed by atoms with Crippen molar-refractivity contribution in [3.63, 3.8) is 0 Å². The Hall–Kier alpha value is -0.590. The van der Waals surface area contributed by atoms with E-state index in [0.29, 0.717) is 17.8 Å². The Morgan fingerprint density at radius 3 is 2.83 bits per heavy atom. The quantitative estimate of drug-likeness (QED) is 0.455. The second-order valence-corrected chi connectivity index (χ2v) is 4.10. The van der Waals surface area contributed by atoms with Crippen LogP contribution in [-0.2, 0) is 4.79 Å². The summed E-state index contributed by atoms with van der Waals surface area (Å²) in [6.45, 7) is 6.66. The Balaban J connectivity index is 2.66. The maximum absolute atomic E-state index is 10.4. The van der Waals surface area contributed by atoms with E-state index in [4.69, 9.17) is 0 Å². The van der Waals surface area contributed by atoms with Gasteiger partial charge in [0, 0.05) is 6.42 Å². The van der Waals surface area contributed by atoms with Crippen LogP contribution in [0, 0.1) is 17.8 Å². The van der Waals surface area contributed by atoms with Gasteiger partial charge in [0.25, 0.3) is 0 Å². The van der Waals surface area contributed by atoms with Crippen LogP contribution < -0.4 is 0 Å². The molecular weight excluding hydrogens is 148 g/mol. The van der Waals surface area contributed by atoms with Crippen molar-refractivity contribution in [2.75, 3.05) is 0 Å². The van der Waals surface area contributed by atoms with Crippen molar-refractivity contribution >= 4 is 6.29 Å². The van der Waals surface area contributed by atoms with Crippen molar-refractivity contribution in [1.82, 2.24) is 0 Å². The lowest BCUT2D eigenvalue weighted by molar-refractivity contribution is -0.109. The molecule has 0 fully saturated rings. The number of rotatable bonds is 2. The first kappa shape index (κ1) is 9.50. The van der Waals surface area contributed by atoms with Crippen LogP contribution >= 0.6 is 0 Å². The maximum atomic E-state index is 10.4. The van der Waals surface area contributed by atoms with Crippen molar-refractivity contribution in [3.05, 3.63) is 11.6 Å². The van der Waals surface area contributed by atoms with Gasteiger partial charge < -0.3 is 4.79 Å². The van der Waals surface area contributed by atoms with Gasteiger partial charge in [-0.1, -0.05) is 25.5 Å². The first-order valence-corrected chi connectivity index (χ1v) is 4.76. The molecule has 1 rings (SSSR count). The molecule has 0 heterocycles. The number of carbonyl (C=O) groups is 1. The molecule has 0 saturated heterocycles. The van der Waals surface area contributed by atoms with Crippen LogP contribution in [-0.4, -0.2) is 6.29 Å². The summed E-state index contributed by atoms with van der Waals surface area (Å²) in [5.41, 5.74) is 1.45. The van der Waals surface area contributed by atoms with E-state index in [2.05, 4.69) is 26.8 Å². The van der Waals surface area contributed by atoms with E-state index in [0.717, 1.165) is 19.1 Å². The molecule has 1 aliphatic carbocycles. The third kappa shape index (κ3) is 1.96.